The Labute approximate surface area is 117 Å². The second kappa shape index (κ2) is 5.48. The van der Waals surface area contributed by atoms with Crippen LogP contribution in [0.15, 0.2) is 18.2 Å². The molecule has 1 aromatic carbocycles. The zero-order valence-corrected chi connectivity index (χ0v) is 11.4. The molecule has 6 heteroatoms. The second-order valence-corrected chi connectivity index (χ2v) is 5.37. The van der Waals surface area contributed by atoms with Crippen LogP contribution >= 0.6 is 0 Å². The number of nitrogens with zero attached hydrogens (tertiary/aromatic N) is 1. The lowest BCUT2D eigenvalue weighted by Gasteiger charge is -2.17. The van der Waals surface area contributed by atoms with E-state index in [-0.39, 0.29) is 22.4 Å². The highest BCUT2D eigenvalue weighted by Gasteiger charge is 2.41. The molecule has 0 bridgehead atoms. The fraction of sp³-hybridized carbons (Fsp3) is 0.500. The molecule has 0 saturated heterocycles. The third-order valence-electron chi connectivity index (χ3n) is 3.85. The molecule has 1 fully saturated rings. The van der Waals surface area contributed by atoms with E-state index < -0.39 is 10.9 Å². The van der Waals surface area contributed by atoms with Gasteiger partial charge >= 0.3 is 5.97 Å². The summed E-state index contributed by atoms with van der Waals surface area (Å²) in [6, 6.07) is 4.11. The van der Waals surface area contributed by atoms with Gasteiger partial charge in [0.25, 0.3) is 5.69 Å². The van der Waals surface area contributed by atoms with E-state index in [1.54, 1.807) is 0 Å². The molecule has 0 unspecified atom stereocenters. The van der Waals surface area contributed by atoms with Crippen molar-refractivity contribution in [3.8, 4) is 0 Å². The van der Waals surface area contributed by atoms with E-state index in [0.717, 1.165) is 25.7 Å². The smallest absolute Gasteiger partial charge is 0.338 e. The lowest BCUT2D eigenvalue weighted by Crippen LogP contribution is -2.18. The van der Waals surface area contributed by atoms with E-state index in [9.17, 15) is 14.9 Å². The lowest BCUT2D eigenvalue weighted by molar-refractivity contribution is -0.384. The number of rotatable bonds is 7. The molecular weight excluding hydrogens is 260 g/mol. The van der Waals surface area contributed by atoms with Crippen LogP contribution in [-0.2, 0) is 0 Å². The summed E-state index contributed by atoms with van der Waals surface area (Å²) in [4.78, 5) is 21.7. The summed E-state index contributed by atoms with van der Waals surface area (Å²) >= 11 is 0. The van der Waals surface area contributed by atoms with Gasteiger partial charge in [-0.25, -0.2) is 4.79 Å². The third-order valence-corrected chi connectivity index (χ3v) is 3.85. The number of nitro benzene ring substituents is 1. The largest absolute Gasteiger partial charge is 0.478 e. The topological polar surface area (TPSA) is 92.5 Å². The monoisotopic (exact) mass is 278 g/mol. The van der Waals surface area contributed by atoms with Gasteiger partial charge in [-0.05, 0) is 30.7 Å². The molecule has 1 aliphatic carbocycles. The molecule has 1 saturated carbocycles. The van der Waals surface area contributed by atoms with Gasteiger partial charge in [0.05, 0.1) is 10.5 Å². The van der Waals surface area contributed by atoms with E-state index in [1.165, 1.54) is 18.2 Å². The maximum atomic E-state index is 11.2. The van der Waals surface area contributed by atoms with Crippen LogP contribution in [0.5, 0.6) is 0 Å². The van der Waals surface area contributed by atoms with Gasteiger partial charge in [0.15, 0.2) is 0 Å². The van der Waals surface area contributed by atoms with E-state index in [2.05, 4.69) is 12.2 Å². The van der Waals surface area contributed by atoms with Crippen molar-refractivity contribution in [1.82, 2.24) is 0 Å². The molecule has 6 nitrogen and oxygen atoms in total. The van der Waals surface area contributed by atoms with E-state index in [1.807, 2.05) is 0 Å². The maximum Gasteiger partial charge on any atom is 0.338 e. The van der Waals surface area contributed by atoms with Crippen molar-refractivity contribution in [2.75, 3.05) is 11.9 Å². The number of carbonyl (C=O) groups is 1. The van der Waals surface area contributed by atoms with Gasteiger partial charge in [-0.2, -0.15) is 0 Å². The van der Waals surface area contributed by atoms with Gasteiger partial charge in [0, 0.05) is 12.6 Å². The fourth-order valence-corrected chi connectivity index (χ4v) is 2.55. The van der Waals surface area contributed by atoms with E-state index in [0.29, 0.717) is 6.54 Å². The van der Waals surface area contributed by atoms with Crippen molar-refractivity contribution in [3.05, 3.63) is 33.9 Å². The van der Waals surface area contributed by atoms with Crippen molar-refractivity contribution < 1.29 is 14.8 Å². The summed E-state index contributed by atoms with van der Waals surface area (Å²) in [5.41, 5.74) is 0.0740. The van der Waals surface area contributed by atoms with Crippen molar-refractivity contribution in [1.29, 1.82) is 0 Å². The summed E-state index contributed by atoms with van der Waals surface area (Å²) in [5, 5.41) is 23.2. The normalized spacial score (nSPS) is 15.7. The van der Waals surface area contributed by atoms with Crippen LogP contribution in [-0.4, -0.2) is 22.5 Å². The zero-order valence-electron chi connectivity index (χ0n) is 11.4. The molecule has 0 aliphatic heterocycles. The van der Waals surface area contributed by atoms with Crippen LogP contribution in [0.3, 0.4) is 0 Å². The molecule has 0 amide bonds. The standard InChI is InChI=1S/C14H18N2O4/c1-2-6-14(7-8-14)9-15-12-10(13(17)18)4-3-5-11(12)16(19)20/h3-5,15H,2,6-9H2,1H3,(H,17,18). The number of nitro groups is 1. The number of anilines is 1. The number of para-hydroxylation sites is 1. The van der Waals surface area contributed by atoms with E-state index >= 15 is 0 Å². The Bertz CT molecular complexity index is 506. The number of hydrogen-bond acceptors (Lipinski definition) is 4. The van der Waals surface area contributed by atoms with Crippen molar-refractivity contribution in [3.63, 3.8) is 0 Å². The molecule has 1 aromatic rings. The van der Waals surface area contributed by atoms with Gasteiger partial charge in [0.1, 0.15) is 5.69 Å². The molecule has 108 valence electrons. The summed E-state index contributed by atoms with van der Waals surface area (Å²) in [5.74, 6) is -1.16. The average Bonchev–Trinajstić information content (AvgIpc) is 3.16. The minimum absolute atomic E-state index is 0.0495. The van der Waals surface area contributed by atoms with Crippen LogP contribution in [0.25, 0.3) is 0 Å². The van der Waals surface area contributed by atoms with Gasteiger partial charge < -0.3 is 10.4 Å². The quantitative estimate of drug-likeness (QED) is 0.589. The molecule has 0 heterocycles. The number of carboxylic acids is 1. The van der Waals surface area contributed by atoms with Crippen LogP contribution < -0.4 is 5.32 Å². The molecular formula is C14H18N2O4. The molecule has 0 spiro atoms. The number of carboxylic acid groups (broad SMARTS) is 1. The third kappa shape index (κ3) is 2.89. The van der Waals surface area contributed by atoms with Crippen molar-refractivity contribution in [2.45, 2.75) is 32.6 Å². The lowest BCUT2D eigenvalue weighted by atomic mass is 10.0. The molecule has 0 atom stereocenters. The second-order valence-electron chi connectivity index (χ2n) is 5.37. The Morgan fingerprint density at radius 1 is 1.50 bits per heavy atom. The predicted molar refractivity (Wildman–Crippen MR) is 75.1 cm³/mol. The van der Waals surface area contributed by atoms with Gasteiger partial charge in [-0.1, -0.05) is 19.4 Å². The maximum absolute atomic E-state index is 11.2. The van der Waals surface area contributed by atoms with Crippen LogP contribution in [0.2, 0.25) is 0 Å². The predicted octanol–water partition coefficient (Wildman–Crippen LogP) is 3.29. The zero-order chi connectivity index (χ0) is 14.8. The SMILES string of the molecule is CCCC1(CNc2c(C(=O)O)cccc2[N+](=O)[O-])CC1. The Kier molecular flexibility index (Phi) is 3.92. The molecule has 0 radical (unpaired) electrons. The van der Waals surface area contributed by atoms with Gasteiger partial charge in [-0.3, -0.25) is 10.1 Å². The van der Waals surface area contributed by atoms with Gasteiger partial charge in [-0.15, -0.1) is 0 Å². The first-order chi connectivity index (χ1) is 9.49. The Hall–Kier alpha value is -2.11. The Morgan fingerprint density at radius 3 is 2.70 bits per heavy atom. The minimum atomic E-state index is -1.16. The average molecular weight is 278 g/mol. The number of nitrogens with one attached hydrogen (secondary N) is 1. The highest BCUT2D eigenvalue weighted by atomic mass is 16.6. The Morgan fingerprint density at radius 2 is 2.20 bits per heavy atom. The summed E-state index contributed by atoms with van der Waals surface area (Å²) in [6.07, 6.45) is 4.31. The fourth-order valence-electron chi connectivity index (χ4n) is 2.55. The summed E-state index contributed by atoms with van der Waals surface area (Å²) in [7, 11) is 0. The first-order valence-corrected chi connectivity index (χ1v) is 6.74. The van der Waals surface area contributed by atoms with Crippen LogP contribution in [0, 0.1) is 15.5 Å². The summed E-state index contributed by atoms with van der Waals surface area (Å²) < 4.78 is 0. The first kappa shape index (κ1) is 14.3. The van der Waals surface area contributed by atoms with Crippen molar-refractivity contribution >= 4 is 17.3 Å². The molecule has 2 N–H and O–H groups in total. The van der Waals surface area contributed by atoms with Crippen LogP contribution in [0.1, 0.15) is 43.0 Å². The van der Waals surface area contributed by atoms with Gasteiger partial charge in [0.2, 0.25) is 0 Å². The number of hydrogen-bond donors (Lipinski definition) is 2. The van der Waals surface area contributed by atoms with Crippen LogP contribution in [0.4, 0.5) is 11.4 Å². The van der Waals surface area contributed by atoms with Crippen molar-refractivity contribution in [2.24, 2.45) is 5.41 Å². The summed E-state index contributed by atoms with van der Waals surface area (Å²) in [6.45, 7) is 2.69. The van der Waals surface area contributed by atoms with E-state index in [4.69, 9.17) is 5.11 Å². The first-order valence-electron chi connectivity index (χ1n) is 6.74. The Balaban J connectivity index is 2.24. The highest BCUT2D eigenvalue weighted by molar-refractivity contribution is 5.96. The molecule has 20 heavy (non-hydrogen) atoms. The molecule has 2 rings (SSSR count). The molecule has 0 aromatic heterocycles. The minimum Gasteiger partial charge on any atom is -0.478 e. The number of aromatic carboxylic acids is 1. The molecule has 1 aliphatic rings. The highest BCUT2D eigenvalue weighted by Crippen LogP contribution is 2.49. The number of benzene rings is 1.